The number of nitrogens with one attached hydrogen (secondary N) is 1. The summed E-state index contributed by atoms with van der Waals surface area (Å²) in [7, 11) is 1.38. The smallest absolute Gasteiger partial charge is 0.341 e. The Morgan fingerprint density at radius 2 is 1.92 bits per heavy atom. The molecule has 138 valence electrons. The monoisotopic (exact) mass is 371 g/mol. The van der Waals surface area contributed by atoms with E-state index in [1.165, 1.54) is 28.9 Å². The lowest BCUT2D eigenvalue weighted by molar-refractivity contribution is -0.116. The van der Waals surface area contributed by atoms with Crippen LogP contribution in [-0.2, 0) is 28.8 Å². The first-order valence-electron chi connectivity index (χ1n) is 9.11. The number of ether oxygens (including phenoxy) is 1. The molecule has 1 aliphatic rings. The third kappa shape index (κ3) is 3.98. The molecule has 5 heteroatoms. The van der Waals surface area contributed by atoms with Gasteiger partial charge < -0.3 is 10.1 Å². The van der Waals surface area contributed by atoms with Gasteiger partial charge in [-0.2, -0.15) is 0 Å². The van der Waals surface area contributed by atoms with E-state index >= 15 is 0 Å². The Morgan fingerprint density at radius 3 is 2.58 bits per heavy atom. The molecule has 0 aliphatic heterocycles. The summed E-state index contributed by atoms with van der Waals surface area (Å²) in [5.41, 5.74) is 4.06. The van der Waals surface area contributed by atoms with Gasteiger partial charge in [0.15, 0.2) is 0 Å². The van der Waals surface area contributed by atoms with Gasteiger partial charge in [0.05, 0.1) is 12.7 Å². The molecule has 0 spiro atoms. The molecule has 0 radical (unpaired) electrons. The van der Waals surface area contributed by atoms with Crippen molar-refractivity contribution in [3.8, 4) is 0 Å². The number of hydrogen-bond donors (Lipinski definition) is 1. The van der Waals surface area contributed by atoms with Crippen LogP contribution in [0.25, 0.3) is 0 Å². The molecule has 1 heterocycles. The molecule has 1 aromatic heterocycles. The van der Waals surface area contributed by atoms with Crippen molar-refractivity contribution in [1.29, 1.82) is 0 Å². The van der Waals surface area contributed by atoms with E-state index < -0.39 is 0 Å². The van der Waals surface area contributed by atoms with Gasteiger partial charge in [0, 0.05) is 11.3 Å². The van der Waals surface area contributed by atoms with Crippen molar-refractivity contribution in [3.63, 3.8) is 0 Å². The number of methoxy groups -OCH3 is 1. The van der Waals surface area contributed by atoms with Crippen LogP contribution >= 0.6 is 11.3 Å². The second-order valence-electron chi connectivity index (χ2n) is 7.00. The average molecular weight is 372 g/mol. The first-order chi connectivity index (χ1) is 12.5. The summed E-state index contributed by atoms with van der Waals surface area (Å²) in [4.78, 5) is 25.7. The van der Waals surface area contributed by atoms with Crippen LogP contribution in [-0.4, -0.2) is 19.0 Å². The van der Waals surface area contributed by atoms with Crippen molar-refractivity contribution in [2.45, 2.75) is 51.9 Å². The Hall–Kier alpha value is -2.14. The predicted octanol–water partition coefficient (Wildman–Crippen LogP) is 4.72. The molecule has 26 heavy (non-hydrogen) atoms. The zero-order valence-electron chi connectivity index (χ0n) is 15.6. The number of fused-ring (bicyclic) bond motifs is 1. The Bertz CT molecular complexity index is 805. The molecule has 0 bridgehead atoms. The lowest BCUT2D eigenvalue weighted by Crippen LogP contribution is -2.15. The minimum atomic E-state index is -0.357. The zero-order chi connectivity index (χ0) is 18.7. The molecule has 1 aliphatic carbocycles. The number of carbonyl (C=O) groups is 2. The standard InChI is InChI=1S/C21H25NO3S/c1-13(2)15-10-7-14(8-11-15)9-12-18(23)22-20-19(21(24)25-3)16-5-4-6-17(16)26-20/h7-8,10-11,13H,4-6,9,12H2,1-3H3,(H,22,23). The van der Waals surface area contributed by atoms with E-state index in [2.05, 4.69) is 43.4 Å². The van der Waals surface area contributed by atoms with Gasteiger partial charge >= 0.3 is 5.97 Å². The molecule has 0 fully saturated rings. The third-order valence-corrected chi connectivity index (χ3v) is 6.06. The van der Waals surface area contributed by atoms with E-state index in [9.17, 15) is 9.59 Å². The molecule has 0 saturated heterocycles. The van der Waals surface area contributed by atoms with Crippen LogP contribution in [0, 0.1) is 0 Å². The number of aryl methyl sites for hydroxylation is 2. The lowest BCUT2D eigenvalue weighted by atomic mass is 10.0. The first kappa shape index (κ1) is 18.6. The van der Waals surface area contributed by atoms with E-state index in [-0.39, 0.29) is 11.9 Å². The number of carbonyl (C=O) groups excluding carboxylic acids is 2. The van der Waals surface area contributed by atoms with Crippen molar-refractivity contribution < 1.29 is 14.3 Å². The highest BCUT2D eigenvalue weighted by Crippen LogP contribution is 2.39. The minimum Gasteiger partial charge on any atom is -0.465 e. The summed E-state index contributed by atoms with van der Waals surface area (Å²) < 4.78 is 4.92. The Kier molecular flexibility index (Phi) is 5.77. The third-order valence-electron chi connectivity index (χ3n) is 4.85. The predicted molar refractivity (Wildman–Crippen MR) is 105 cm³/mol. The van der Waals surface area contributed by atoms with Crippen LogP contribution in [0.4, 0.5) is 5.00 Å². The summed E-state index contributed by atoms with van der Waals surface area (Å²) >= 11 is 1.51. The number of amides is 1. The fourth-order valence-electron chi connectivity index (χ4n) is 3.33. The molecule has 0 unspecified atom stereocenters. The first-order valence-corrected chi connectivity index (χ1v) is 9.92. The van der Waals surface area contributed by atoms with Gasteiger partial charge in [-0.1, -0.05) is 38.1 Å². The molecule has 0 atom stereocenters. The second-order valence-corrected chi connectivity index (χ2v) is 8.10. The van der Waals surface area contributed by atoms with Gasteiger partial charge in [-0.15, -0.1) is 11.3 Å². The maximum atomic E-state index is 12.4. The Balaban J connectivity index is 1.64. The molecule has 1 amide bonds. The fourth-order valence-corrected chi connectivity index (χ4v) is 4.62. The molecular weight excluding hydrogens is 346 g/mol. The quantitative estimate of drug-likeness (QED) is 0.748. The number of thiophene rings is 1. The molecule has 2 aromatic rings. The number of hydrogen-bond acceptors (Lipinski definition) is 4. The Morgan fingerprint density at radius 1 is 1.19 bits per heavy atom. The van der Waals surface area contributed by atoms with E-state index in [0.29, 0.717) is 29.3 Å². The van der Waals surface area contributed by atoms with E-state index in [1.54, 1.807) is 0 Å². The highest BCUT2D eigenvalue weighted by molar-refractivity contribution is 7.17. The number of anilines is 1. The molecule has 1 aromatic carbocycles. The highest BCUT2D eigenvalue weighted by atomic mass is 32.1. The summed E-state index contributed by atoms with van der Waals surface area (Å²) in [6, 6.07) is 8.42. The van der Waals surface area contributed by atoms with Crippen molar-refractivity contribution in [3.05, 3.63) is 51.4 Å². The molecule has 4 nitrogen and oxygen atoms in total. The van der Waals surface area contributed by atoms with Crippen molar-refractivity contribution in [2.75, 3.05) is 12.4 Å². The van der Waals surface area contributed by atoms with Crippen LogP contribution in [0.3, 0.4) is 0 Å². The van der Waals surface area contributed by atoms with Gasteiger partial charge in [-0.3, -0.25) is 4.79 Å². The van der Waals surface area contributed by atoms with Crippen molar-refractivity contribution in [2.24, 2.45) is 0 Å². The maximum Gasteiger partial charge on any atom is 0.341 e. The van der Waals surface area contributed by atoms with E-state index in [4.69, 9.17) is 4.74 Å². The number of rotatable bonds is 6. The topological polar surface area (TPSA) is 55.4 Å². The van der Waals surface area contributed by atoms with Crippen LogP contribution in [0.1, 0.15) is 64.5 Å². The molecule has 3 rings (SSSR count). The second kappa shape index (κ2) is 8.04. The average Bonchev–Trinajstić information content (AvgIpc) is 3.20. The molecular formula is C21H25NO3S. The zero-order valence-corrected chi connectivity index (χ0v) is 16.4. The van der Waals surface area contributed by atoms with Crippen molar-refractivity contribution in [1.82, 2.24) is 0 Å². The maximum absolute atomic E-state index is 12.4. The van der Waals surface area contributed by atoms with Crippen LogP contribution in [0.2, 0.25) is 0 Å². The lowest BCUT2D eigenvalue weighted by Gasteiger charge is -2.08. The number of esters is 1. The largest absolute Gasteiger partial charge is 0.465 e. The summed E-state index contributed by atoms with van der Waals surface area (Å²) in [6.45, 7) is 4.33. The fraction of sp³-hybridized carbons (Fsp3) is 0.429. The van der Waals surface area contributed by atoms with Crippen molar-refractivity contribution >= 4 is 28.2 Å². The summed E-state index contributed by atoms with van der Waals surface area (Å²) in [5, 5.41) is 3.57. The van der Waals surface area contributed by atoms with Gasteiger partial charge in [-0.25, -0.2) is 4.79 Å². The Labute approximate surface area is 158 Å². The van der Waals surface area contributed by atoms with Crippen LogP contribution in [0.5, 0.6) is 0 Å². The van der Waals surface area contributed by atoms with E-state index in [1.807, 2.05) is 0 Å². The summed E-state index contributed by atoms with van der Waals surface area (Å²) in [6.07, 6.45) is 4.00. The van der Waals surface area contributed by atoms with Gasteiger partial charge in [0.1, 0.15) is 5.00 Å². The van der Waals surface area contributed by atoms with E-state index in [0.717, 1.165) is 30.4 Å². The minimum absolute atomic E-state index is 0.0667. The van der Waals surface area contributed by atoms with Crippen LogP contribution < -0.4 is 5.32 Å². The van der Waals surface area contributed by atoms with Crippen LogP contribution in [0.15, 0.2) is 24.3 Å². The highest BCUT2D eigenvalue weighted by Gasteiger charge is 2.27. The molecule has 1 N–H and O–H groups in total. The van der Waals surface area contributed by atoms with Gasteiger partial charge in [0.25, 0.3) is 0 Å². The summed E-state index contributed by atoms with van der Waals surface area (Å²) in [5.74, 6) is 0.0804. The molecule has 0 saturated carbocycles. The van der Waals surface area contributed by atoms with Gasteiger partial charge in [-0.05, 0) is 48.3 Å². The number of benzene rings is 1. The normalized spacial score (nSPS) is 12.9. The SMILES string of the molecule is COC(=O)c1c(NC(=O)CCc2ccc(C(C)C)cc2)sc2c1CCC2. The van der Waals surface area contributed by atoms with Gasteiger partial charge in [0.2, 0.25) is 5.91 Å².